The Morgan fingerprint density at radius 3 is 2.70 bits per heavy atom. The summed E-state index contributed by atoms with van der Waals surface area (Å²) in [4.78, 5) is 10.7. The van der Waals surface area contributed by atoms with Crippen LogP contribution in [0, 0.1) is 22.7 Å². The van der Waals surface area contributed by atoms with E-state index < -0.39 is 5.97 Å². The minimum atomic E-state index is -1.13. The van der Waals surface area contributed by atoms with E-state index in [1.165, 1.54) is 30.1 Å². The number of carboxylic acids is 1. The van der Waals surface area contributed by atoms with Gasteiger partial charge < -0.3 is 5.11 Å². The van der Waals surface area contributed by atoms with Crippen LogP contribution in [0.4, 0.5) is 0 Å². The maximum absolute atomic E-state index is 10.7. The third-order valence-corrected chi connectivity index (χ3v) is 4.18. The van der Waals surface area contributed by atoms with Crippen LogP contribution >= 0.6 is 0 Å². The molecule has 0 saturated carbocycles. The molecule has 0 heterocycles. The molecule has 0 fully saturated rings. The molecule has 0 spiro atoms. The van der Waals surface area contributed by atoms with E-state index in [0.29, 0.717) is 6.42 Å². The molecule has 3 nitrogen and oxygen atoms in total. The second-order valence-electron chi connectivity index (χ2n) is 6.58. The van der Waals surface area contributed by atoms with Crippen molar-refractivity contribution in [2.45, 2.75) is 59.8 Å². The molecule has 1 aliphatic carbocycles. The molecule has 1 rings (SSSR count). The highest BCUT2D eigenvalue weighted by molar-refractivity contribution is 5.90. The summed E-state index contributed by atoms with van der Waals surface area (Å²) in [7, 11) is 0. The van der Waals surface area contributed by atoms with Crippen LogP contribution < -0.4 is 0 Å². The summed E-state index contributed by atoms with van der Waals surface area (Å²) in [5.74, 6) is -0.388. The molecular formula is C17H25NO2. The van der Waals surface area contributed by atoms with E-state index in [2.05, 4.69) is 27.7 Å². The average molecular weight is 275 g/mol. The van der Waals surface area contributed by atoms with E-state index in [1.807, 2.05) is 0 Å². The van der Waals surface area contributed by atoms with Gasteiger partial charge in [0, 0.05) is 0 Å². The quantitative estimate of drug-likeness (QED) is 0.348. The van der Waals surface area contributed by atoms with Gasteiger partial charge in [-0.05, 0) is 50.4 Å². The lowest BCUT2D eigenvalue weighted by Gasteiger charge is -2.38. The van der Waals surface area contributed by atoms with E-state index >= 15 is 0 Å². The molecule has 0 amide bonds. The number of nitrogens with zero attached hydrogens (tertiary/aromatic N) is 1. The zero-order chi connectivity index (χ0) is 15.3. The maximum atomic E-state index is 10.7. The summed E-state index contributed by atoms with van der Waals surface area (Å²) in [5.41, 5.74) is 3.12. The Balaban J connectivity index is 2.64. The summed E-state index contributed by atoms with van der Waals surface area (Å²) in [6, 6.07) is 1.72. The van der Waals surface area contributed by atoms with Crippen molar-refractivity contribution >= 4 is 5.97 Å². The van der Waals surface area contributed by atoms with Crippen molar-refractivity contribution in [1.82, 2.24) is 0 Å². The van der Waals surface area contributed by atoms with Crippen LogP contribution in [0.25, 0.3) is 0 Å². The van der Waals surface area contributed by atoms with Crippen LogP contribution in [-0.2, 0) is 4.79 Å². The van der Waals surface area contributed by atoms with Gasteiger partial charge in [-0.2, -0.15) is 5.26 Å². The highest BCUT2D eigenvalue weighted by Crippen LogP contribution is 2.44. The fourth-order valence-electron chi connectivity index (χ4n) is 3.55. The smallest absolute Gasteiger partial charge is 0.346 e. The summed E-state index contributed by atoms with van der Waals surface area (Å²) in [6.45, 7) is 9.13. The van der Waals surface area contributed by atoms with E-state index in [4.69, 9.17) is 10.4 Å². The Kier molecular flexibility index (Phi) is 5.56. The fraction of sp³-hybridized carbons (Fsp3) is 0.647. The number of rotatable bonds is 5. The number of unbranched alkanes of at least 4 members (excludes halogenated alkanes) is 1. The highest BCUT2D eigenvalue weighted by Gasteiger charge is 2.31. The third-order valence-electron chi connectivity index (χ3n) is 4.18. The lowest BCUT2D eigenvalue weighted by molar-refractivity contribution is -0.132. The standard InChI is InChI=1S/C17H25NO2/c1-12-9-13(2)15(17(3,4)10-12)8-6-5-7-14(11-18)16(19)20/h7,12H,5-6,8-10H2,1-4H3,(H,19,20). The monoisotopic (exact) mass is 275 g/mol. The number of carbonyl (C=O) groups is 1. The normalized spacial score (nSPS) is 22.6. The number of hydrogen-bond donors (Lipinski definition) is 1. The topological polar surface area (TPSA) is 61.1 Å². The first-order chi connectivity index (χ1) is 9.27. The van der Waals surface area contributed by atoms with Crippen LogP contribution in [-0.4, -0.2) is 11.1 Å². The fourth-order valence-corrected chi connectivity index (χ4v) is 3.55. The first-order valence-electron chi connectivity index (χ1n) is 7.30. The van der Waals surface area contributed by atoms with Gasteiger partial charge in [-0.15, -0.1) is 0 Å². The Morgan fingerprint density at radius 2 is 2.20 bits per heavy atom. The summed E-state index contributed by atoms with van der Waals surface area (Å²) in [6.07, 6.45) is 6.48. The first-order valence-corrected chi connectivity index (χ1v) is 7.30. The predicted molar refractivity (Wildman–Crippen MR) is 80.1 cm³/mol. The van der Waals surface area contributed by atoms with Crippen molar-refractivity contribution in [3.63, 3.8) is 0 Å². The number of hydrogen-bond acceptors (Lipinski definition) is 2. The number of aliphatic carboxylic acids is 1. The van der Waals surface area contributed by atoms with Crippen LogP contribution in [0.15, 0.2) is 22.8 Å². The Labute approximate surface area is 122 Å². The van der Waals surface area contributed by atoms with E-state index in [-0.39, 0.29) is 11.0 Å². The van der Waals surface area contributed by atoms with Gasteiger partial charge in [-0.3, -0.25) is 0 Å². The molecule has 0 aliphatic heterocycles. The molecule has 3 heteroatoms. The summed E-state index contributed by atoms with van der Waals surface area (Å²) in [5, 5.41) is 17.5. The van der Waals surface area contributed by atoms with Crippen LogP contribution in [0.3, 0.4) is 0 Å². The van der Waals surface area contributed by atoms with Gasteiger partial charge in [0.05, 0.1) is 0 Å². The molecule has 0 aromatic rings. The molecule has 0 radical (unpaired) electrons. The molecule has 1 atom stereocenters. The molecule has 0 bridgehead atoms. The van der Waals surface area contributed by atoms with Crippen molar-refractivity contribution in [3.8, 4) is 6.07 Å². The molecular weight excluding hydrogens is 250 g/mol. The maximum Gasteiger partial charge on any atom is 0.346 e. The first kappa shape index (κ1) is 16.5. The third kappa shape index (κ3) is 4.23. The molecule has 1 unspecified atom stereocenters. The largest absolute Gasteiger partial charge is 0.477 e. The second-order valence-corrected chi connectivity index (χ2v) is 6.58. The number of carboxylic acid groups (broad SMARTS) is 1. The van der Waals surface area contributed by atoms with Gasteiger partial charge in [0.25, 0.3) is 0 Å². The lowest BCUT2D eigenvalue weighted by Crippen LogP contribution is -2.24. The Hall–Kier alpha value is -1.56. The molecule has 0 aromatic carbocycles. The van der Waals surface area contributed by atoms with Crippen molar-refractivity contribution in [2.75, 3.05) is 0 Å². The van der Waals surface area contributed by atoms with Gasteiger partial charge in [0.1, 0.15) is 11.6 Å². The van der Waals surface area contributed by atoms with Gasteiger partial charge >= 0.3 is 5.97 Å². The minimum Gasteiger partial charge on any atom is -0.477 e. The molecule has 20 heavy (non-hydrogen) atoms. The lowest BCUT2D eigenvalue weighted by atomic mass is 9.67. The molecule has 1 N–H and O–H groups in total. The zero-order valence-corrected chi connectivity index (χ0v) is 13.0. The van der Waals surface area contributed by atoms with Gasteiger partial charge in [0.15, 0.2) is 0 Å². The van der Waals surface area contributed by atoms with Crippen LogP contribution in [0.5, 0.6) is 0 Å². The summed E-state index contributed by atoms with van der Waals surface area (Å²) < 4.78 is 0. The summed E-state index contributed by atoms with van der Waals surface area (Å²) >= 11 is 0. The van der Waals surface area contributed by atoms with Crippen LogP contribution in [0.1, 0.15) is 59.8 Å². The predicted octanol–water partition coefficient (Wildman–Crippen LogP) is 4.46. The highest BCUT2D eigenvalue weighted by atomic mass is 16.4. The van der Waals surface area contributed by atoms with E-state index in [0.717, 1.165) is 18.8 Å². The van der Waals surface area contributed by atoms with E-state index in [1.54, 1.807) is 6.07 Å². The number of nitriles is 1. The molecule has 0 aromatic heterocycles. The molecule has 110 valence electrons. The molecule has 1 aliphatic rings. The van der Waals surface area contributed by atoms with Gasteiger partial charge in [-0.25, -0.2) is 4.79 Å². The SMILES string of the molecule is CC1=C(CCCC=C(C#N)C(=O)O)C(C)(C)CC(C)C1. The zero-order valence-electron chi connectivity index (χ0n) is 13.0. The van der Waals surface area contributed by atoms with Gasteiger partial charge in [-0.1, -0.05) is 38.0 Å². The van der Waals surface area contributed by atoms with Gasteiger partial charge in [0.2, 0.25) is 0 Å². The number of allylic oxidation sites excluding steroid dienone is 3. The Bertz CT molecular complexity index is 478. The van der Waals surface area contributed by atoms with Crippen molar-refractivity contribution in [2.24, 2.45) is 11.3 Å². The Morgan fingerprint density at radius 1 is 1.55 bits per heavy atom. The second kappa shape index (κ2) is 6.74. The molecule has 0 saturated heterocycles. The van der Waals surface area contributed by atoms with Crippen molar-refractivity contribution in [1.29, 1.82) is 5.26 Å². The minimum absolute atomic E-state index is 0.146. The van der Waals surface area contributed by atoms with Crippen molar-refractivity contribution in [3.05, 3.63) is 22.8 Å². The van der Waals surface area contributed by atoms with E-state index in [9.17, 15) is 4.79 Å². The van der Waals surface area contributed by atoms with Crippen molar-refractivity contribution < 1.29 is 9.90 Å². The van der Waals surface area contributed by atoms with Crippen LogP contribution in [0.2, 0.25) is 0 Å². The average Bonchev–Trinajstić information content (AvgIpc) is 2.30.